The smallest absolute Gasteiger partial charge is 0.254 e. The zero-order valence-electron chi connectivity index (χ0n) is 14.5. The summed E-state index contributed by atoms with van der Waals surface area (Å²) in [7, 11) is -0.824. The Morgan fingerprint density at radius 1 is 1.16 bits per heavy atom. The maximum Gasteiger partial charge on any atom is 0.254 e. The molecule has 6 nitrogen and oxygen atoms in total. The number of nitrogens with one attached hydrogen (secondary N) is 1. The highest BCUT2D eigenvalue weighted by atomic mass is 32.2. The first kappa shape index (κ1) is 19.0. The van der Waals surface area contributed by atoms with Crippen molar-refractivity contribution in [3.8, 4) is 5.75 Å². The molecule has 0 aromatic heterocycles. The molecule has 2 aromatic carbocycles. The van der Waals surface area contributed by atoms with E-state index in [1.165, 1.54) is 36.7 Å². The van der Waals surface area contributed by atoms with Gasteiger partial charge in [-0.25, -0.2) is 8.42 Å². The topological polar surface area (TPSA) is 75.7 Å². The highest BCUT2D eigenvalue weighted by Crippen LogP contribution is 2.25. The van der Waals surface area contributed by atoms with Gasteiger partial charge in [-0.2, -0.15) is 4.31 Å². The second kappa shape index (κ2) is 8.13. The van der Waals surface area contributed by atoms with E-state index < -0.39 is 15.9 Å². The van der Waals surface area contributed by atoms with E-state index in [1.807, 2.05) is 30.3 Å². The minimum atomic E-state index is -3.74. The van der Waals surface area contributed by atoms with Crippen molar-refractivity contribution in [2.45, 2.75) is 18.4 Å². The maximum atomic E-state index is 13.0. The Balaban J connectivity index is 2.41. The molecule has 1 amide bonds. The van der Waals surface area contributed by atoms with Gasteiger partial charge in [-0.3, -0.25) is 4.79 Å². The van der Waals surface area contributed by atoms with E-state index in [4.69, 9.17) is 4.74 Å². The lowest BCUT2D eigenvalue weighted by atomic mass is 10.2. The summed E-state index contributed by atoms with van der Waals surface area (Å²) in [6.45, 7) is 2.36. The molecule has 2 aromatic rings. The zero-order chi connectivity index (χ0) is 18.4. The van der Waals surface area contributed by atoms with Gasteiger partial charge in [0.05, 0.1) is 17.6 Å². The SMILES string of the molecule is CCN(Cc1ccccc1)S(=O)(=O)c1ccc(OC)c(C(=O)NC)c1. The number of carbonyl (C=O) groups is 1. The molecule has 0 aliphatic carbocycles. The summed E-state index contributed by atoms with van der Waals surface area (Å²) in [5.41, 5.74) is 1.08. The molecule has 0 aliphatic heterocycles. The van der Waals surface area contributed by atoms with Crippen LogP contribution in [0, 0.1) is 0 Å². The molecular formula is C18H22N2O4S. The lowest BCUT2D eigenvalue weighted by molar-refractivity contribution is 0.0960. The van der Waals surface area contributed by atoms with Crippen LogP contribution in [0.4, 0.5) is 0 Å². The van der Waals surface area contributed by atoms with Crippen molar-refractivity contribution >= 4 is 15.9 Å². The molecule has 134 valence electrons. The second-order valence-electron chi connectivity index (χ2n) is 5.36. The number of ether oxygens (including phenoxy) is 1. The number of hydrogen-bond acceptors (Lipinski definition) is 4. The van der Waals surface area contributed by atoms with Crippen LogP contribution in [0.25, 0.3) is 0 Å². The number of rotatable bonds is 7. The highest BCUT2D eigenvalue weighted by molar-refractivity contribution is 7.89. The van der Waals surface area contributed by atoms with Crippen molar-refractivity contribution in [1.82, 2.24) is 9.62 Å². The molecule has 0 atom stereocenters. The van der Waals surface area contributed by atoms with Gasteiger partial charge in [0.25, 0.3) is 5.91 Å². The van der Waals surface area contributed by atoms with E-state index in [0.717, 1.165) is 5.56 Å². The molecule has 0 saturated carbocycles. The first-order valence-electron chi connectivity index (χ1n) is 7.88. The predicted octanol–water partition coefficient (Wildman–Crippen LogP) is 2.27. The molecule has 2 rings (SSSR count). The highest BCUT2D eigenvalue weighted by Gasteiger charge is 2.25. The summed E-state index contributed by atoms with van der Waals surface area (Å²) < 4.78 is 32.5. The van der Waals surface area contributed by atoms with Crippen LogP contribution in [-0.2, 0) is 16.6 Å². The lowest BCUT2D eigenvalue weighted by Gasteiger charge is -2.21. The molecule has 0 fully saturated rings. The van der Waals surface area contributed by atoms with E-state index >= 15 is 0 Å². The fourth-order valence-corrected chi connectivity index (χ4v) is 3.93. The van der Waals surface area contributed by atoms with E-state index in [-0.39, 0.29) is 17.0 Å². The summed E-state index contributed by atoms with van der Waals surface area (Å²) in [5.74, 6) is -0.0792. The lowest BCUT2D eigenvalue weighted by Crippen LogP contribution is -2.30. The molecule has 0 radical (unpaired) electrons. The Bertz CT molecular complexity index is 835. The molecule has 25 heavy (non-hydrogen) atoms. The van der Waals surface area contributed by atoms with Gasteiger partial charge in [0.2, 0.25) is 10.0 Å². The van der Waals surface area contributed by atoms with Gasteiger partial charge in [-0.15, -0.1) is 0 Å². The van der Waals surface area contributed by atoms with Crippen molar-refractivity contribution in [3.05, 3.63) is 59.7 Å². The van der Waals surface area contributed by atoms with Crippen molar-refractivity contribution in [3.63, 3.8) is 0 Å². The Labute approximate surface area is 148 Å². The molecule has 0 saturated heterocycles. The normalized spacial score (nSPS) is 11.4. The van der Waals surface area contributed by atoms with E-state index in [9.17, 15) is 13.2 Å². The van der Waals surface area contributed by atoms with Gasteiger partial charge < -0.3 is 10.1 Å². The molecule has 0 bridgehead atoms. The van der Waals surface area contributed by atoms with Gasteiger partial charge in [0, 0.05) is 20.1 Å². The number of nitrogens with zero attached hydrogens (tertiary/aromatic N) is 1. The predicted molar refractivity (Wildman–Crippen MR) is 96.1 cm³/mol. The van der Waals surface area contributed by atoms with Crippen LogP contribution in [0.15, 0.2) is 53.4 Å². The van der Waals surface area contributed by atoms with Crippen molar-refractivity contribution in [2.24, 2.45) is 0 Å². The second-order valence-corrected chi connectivity index (χ2v) is 7.30. The van der Waals surface area contributed by atoms with Gasteiger partial charge in [0.1, 0.15) is 5.75 Å². The monoisotopic (exact) mass is 362 g/mol. The van der Waals surface area contributed by atoms with Gasteiger partial charge in [-0.05, 0) is 23.8 Å². The van der Waals surface area contributed by atoms with Crippen LogP contribution in [0.3, 0.4) is 0 Å². The molecule has 1 N–H and O–H groups in total. The fraction of sp³-hybridized carbons (Fsp3) is 0.278. The first-order chi connectivity index (χ1) is 11.9. The number of sulfonamides is 1. The first-order valence-corrected chi connectivity index (χ1v) is 9.32. The molecule has 0 unspecified atom stereocenters. The van der Waals surface area contributed by atoms with Crippen LogP contribution in [0.5, 0.6) is 5.75 Å². The molecule has 0 spiro atoms. The number of methoxy groups -OCH3 is 1. The largest absolute Gasteiger partial charge is 0.496 e. The summed E-state index contributed by atoms with van der Waals surface area (Å²) in [6.07, 6.45) is 0. The summed E-state index contributed by atoms with van der Waals surface area (Å²) in [4.78, 5) is 12.1. The van der Waals surface area contributed by atoms with Crippen molar-refractivity contribution < 1.29 is 17.9 Å². The Hall–Kier alpha value is -2.38. The number of carbonyl (C=O) groups excluding carboxylic acids is 1. The van der Waals surface area contributed by atoms with Crippen molar-refractivity contribution in [1.29, 1.82) is 0 Å². The molecule has 0 aliphatic rings. The van der Waals surface area contributed by atoms with Crippen LogP contribution in [0.1, 0.15) is 22.8 Å². The minimum absolute atomic E-state index is 0.0599. The molecule has 7 heteroatoms. The number of benzene rings is 2. The van der Waals surface area contributed by atoms with Crippen LogP contribution in [0.2, 0.25) is 0 Å². The Morgan fingerprint density at radius 2 is 1.84 bits per heavy atom. The minimum Gasteiger partial charge on any atom is -0.496 e. The third-order valence-electron chi connectivity index (χ3n) is 3.83. The molecule has 0 heterocycles. The van der Waals surface area contributed by atoms with Crippen LogP contribution in [-0.4, -0.2) is 39.3 Å². The average Bonchev–Trinajstić information content (AvgIpc) is 2.65. The maximum absolute atomic E-state index is 13.0. The van der Waals surface area contributed by atoms with Gasteiger partial charge >= 0.3 is 0 Å². The Morgan fingerprint density at radius 3 is 2.40 bits per heavy atom. The third kappa shape index (κ3) is 4.18. The van der Waals surface area contributed by atoms with Crippen LogP contribution < -0.4 is 10.1 Å². The number of hydrogen-bond donors (Lipinski definition) is 1. The number of amides is 1. The molecular weight excluding hydrogens is 340 g/mol. The van der Waals surface area contributed by atoms with E-state index in [0.29, 0.717) is 12.3 Å². The zero-order valence-corrected chi connectivity index (χ0v) is 15.3. The van der Waals surface area contributed by atoms with Crippen molar-refractivity contribution in [2.75, 3.05) is 20.7 Å². The summed E-state index contributed by atoms with van der Waals surface area (Å²) >= 11 is 0. The van der Waals surface area contributed by atoms with Gasteiger partial charge in [-0.1, -0.05) is 37.3 Å². The van der Waals surface area contributed by atoms with Gasteiger partial charge in [0.15, 0.2) is 0 Å². The standard InChI is InChI=1S/C18H22N2O4S/c1-4-20(13-14-8-6-5-7-9-14)25(22,23)15-10-11-17(24-3)16(12-15)18(21)19-2/h5-12H,4,13H2,1-3H3,(H,19,21). The Kier molecular flexibility index (Phi) is 6.17. The van der Waals surface area contributed by atoms with E-state index in [2.05, 4.69) is 5.32 Å². The van der Waals surface area contributed by atoms with Crippen LogP contribution >= 0.6 is 0 Å². The summed E-state index contributed by atoms with van der Waals surface area (Å²) in [5, 5.41) is 2.49. The fourth-order valence-electron chi connectivity index (χ4n) is 2.46. The summed E-state index contributed by atoms with van der Waals surface area (Å²) in [6, 6.07) is 13.7. The van der Waals surface area contributed by atoms with E-state index in [1.54, 1.807) is 6.92 Å². The quantitative estimate of drug-likeness (QED) is 0.820. The average molecular weight is 362 g/mol. The third-order valence-corrected chi connectivity index (χ3v) is 5.75.